The van der Waals surface area contributed by atoms with Gasteiger partial charge < -0.3 is 5.32 Å². The van der Waals surface area contributed by atoms with E-state index in [4.69, 9.17) is 11.6 Å². The molecule has 1 aromatic carbocycles. The maximum Gasteiger partial charge on any atom is 0.0408 e. The van der Waals surface area contributed by atoms with Crippen molar-refractivity contribution in [3.8, 4) is 0 Å². The van der Waals surface area contributed by atoms with Crippen molar-refractivity contribution in [3.05, 3.63) is 34.9 Å². The first kappa shape index (κ1) is 11.0. The quantitative estimate of drug-likeness (QED) is 0.828. The first-order valence-electron chi connectivity index (χ1n) is 5.69. The molecule has 2 heteroatoms. The monoisotopic (exact) mass is 223 g/mol. The molecule has 0 aliphatic heterocycles. The largest absolute Gasteiger partial charge is 0.317 e. The van der Waals surface area contributed by atoms with Crippen molar-refractivity contribution in [1.82, 2.24) is 5.32 Å². The molecular weight excluding hydrogens is 206 g/mol. The van der Waals surface area contributed by atoms with Crippen LogP contribution in [0.25, 0.3) is 0 Å². The Morgan fingerprint density at radius 3 is 2.87 bits per heavy atom. The molecule has 2 rings (SSSR count). The van der Waals surface area contributed by atoms with Crippen LogP contribution in [0.15, 0.2) is 24.3 Å². The van der Waals surface area contributed by atoms with Gasteiger partial charge in [-0.25, -0.2) is 0 Å². The summed E-state index contributed by atoms with van der Waals surface area (Å²) in [6.07, 6.45) is 2.48. The summed E-state index contributed by atoms with van der Waals surface area (Å²) in [4.78, 5) is 0. The van der Waals surface area contributed by atoms with Crippen molar-refractivity contribution in [2.45, 2.75) is 31.7 Å². The van der Waals surface area contributed by atoms with E-state index in [9.17, 15) is 0 Å². The van der Waals surface area contributed by atoms with E-state index in [2.05, 4.69) is 37.5 Å². The van der Waals surface area contributed by atoms with Gasteiger partial charge in [0.1, 0.15) is 0 Å². The van der Waals surface area contributed by atoms with Crippen molar-refractivity contribution in [2.24, 2.45) is 5.92 Å². The number of rotatable bonds is 3. The number of halogens is 1. The molecule has 3 unspecified atom stereocenters. The summed E-state index contributed by atoms with van der Waals surface area (Å²) < 4.78 is 0. The van der Waals surface area contributed by atoms with Crippen LogP contribution in [0.5, 0.6) is 0 Å². The molecule has 0 heterocycles. The van der Waals surface area contributed by atoms with E-state index in [0.29, 0.717) is 12.0 Å². The molecule has 1 aliphatic rings. The zero-order chi connectivity index (χ0) is 10.8. The molecule has 0 radical (unpaired) electrons. The van der Waals surface area contributed by atoms with Gasteiger partial charge in [0.25, 0.3) is 0 Å². The lowest BCUT2D eigenvalue weighted by Crippen LogP contribution is -2.47. The van der Waals surface area contributed by atoms with Gasteiger partial charge in [-0.05, 0) is 43.0 Å². The molecule has 1 saturated carbocycles. The van der Waals surface area contributed by atoms with E-state index in [0.717, 1.165) is 10.9 Å². The zero-order valence-corrected chi connectivity index (χ0v) is 10.1. The summed E-state index contributed by atoms with van der Waals surface area (Å²) in [5.74, 6) is 1.47. The number of nitrogens with one attached hydrogen (secondary N) is 1. The zero-order valence-electron chi connectivity index (χ0n) is 9.33. The molecule has 1 aromatic rings. The molecule has 1 aliphatic carbocycles. The molecule has 1 nitrogen and oxygen atoms in total. The normalized spacial score (nSPS) is 29.9. The second-order valence-electron chi connectivity index (χ2n) is 4.36. The molecule has 0 amide bonds. The maximum absolute atomic E-state index is 6.02. The minimum Gasteiger partial charge on any atom is -0.317 e. The van der Waals surface area contributed by atoms with Gasteiger partial charge in [-0.1, -0.05) is 37.1 Å². The maximum atomic E-state index is 6.02. The summed E-state index contributed by atoms with van der Waals surface area (Å²) in [6.45, 7) is 2.27. The highest BCUT2D eigenvalue weighted by atomic mass is 35.5. The smallest absolute Gasteiger partial charge is 0.0408 e. The Morgan fingerprint density at radius 1 is 1.47 bits per heavy atom. The van der Waals surface area contributed by atoms with E-state index >= 15 is 0 Å². The lowest BCUT2D eigenvalue weighted by Gasteiger charge is -2.45. The van der Waals surface area contributed by atoms with Gasteiger partial charge >= 0.3 is 0 Å². The minimum absolute atomic E-state index is 0.694. The van der Waals surface area contributed by atoms with Crippen LogP contribution in [0.1, 0.15) is 31.2 Å². The molecule has 0 aromatic heterocycles. The summed E-state index contributed by atoms with van der Waals surface area (Å²) in [7, 11) is 2.06. The van der Waals surface area contributed by atoms with Gasteiger partial charge in [-0.2, -0.15) is 0 Å². The van der Waals surface area contributed by atoms with Crippen LogP contribution in [0.3, 0.4) is 0 Å². The molecule has 82 valence electrons. The van der Waals surface area contributed by atoms with E-state index in [1.807, 2.05) is 6.07 Å². The number of hydrogen-bond donors (Lipinski definition) is 1. The van der Waals surface area contributed by atoms with Crippen LogP contribution in [0.4, 0.5) is 0 Å². The van der Waals surface area contributed by atoms with Crippen LogP contribution in [-0.2, 0) is 0 Å². The van der Waals surface area contributed by atoms with E-state index in [1.165, 1.54) is 18.4 Å². The second kappa shape index (κ2) is 4.54. The van der Waals surface area contributed by atoms with Crippen LogP contribution in [-0.4, -0.2) is 13.1 Å². The molecular formula is C13H18ClN. The van der Waals surface area contributed by atoms with Crippen LogP contribution in [0.2, 0.25) is 5.02 Å². The Kier molecular flexibility index (Phi) is 3.32. The predicted molar refractivity (Wildman–Crippen MR) is 65.4 cm³/mol. The van der Waals surface area contributed by atoms with Crippen molar-refractivity contribution >= 4 is 11.6 Å². The lowest BCUT2D eigenvalue weighted by molar-refractivity contribution is 0.169. The van der Waals surface area contributed by atoms with Crippen molar-refractivity contribution in [2.75, 3.05) is 7.05 Å². The third-order valence-electron chi connectivity index (χ3n) is 3.66. The van der Waals surface area contributed by atoms with Crippen molar-refractivity contribution in [3.63, 3.8) is 0 Å². The van der Waals surface area contributed by atoms with Gasteiger partial charge in [-0.3, -0.25) is 0 Å². The summed E-state index contributed by atoms with van der Waals surface area (Å²) in [5, 5.41) is 4.24. The Morgan fingerprint density at radius 2 is 2.27 bits per heavy atom. The Bertz CT molecular complexity index is 337. The van der Waals surface area contributed by atoms with E-state index in [-0.39, 0.29) is 0 Å². The Balaban J connectivity index is 2.13. The van der Waals surface area contributed by atoms with Gasteiger partial charge in [0.15, 0.2) is 0 Å². The molecule has 0 bridgehead atoms. The van der Waals surface area contributed by atoms with Crippen LogP contribution >= 0.6 is 11.6 Å². The number of benzene rings is 1. The van der Waals surface area contributed by atoms with Crippen molar-refractivity contribution in [1.29, 1.82) is 0 Å². The Labute approximate surface area is 96.8 Å². The molecule has 0 spiro atoms. The molecule has 15 heavy (non-hydrogen) atoms. The highest BCUT2D eigenvalue weighted by molar-refractivity contribution is 6.30. The summed E-state index contributed by atoms with van der Waals surface area (Å²) >= 11 is 6.02. The summed E-state index contributed by atoms with van der Waals surface area (Å²) in [6, 6.07) is 9.00. The SMILES string of the molecule is CCC1C(NC)CC1c1cccc(Cl)c1. The van der Waals surface area contributed by atoms with Gasteiger partial charge in [0, 0.05) is 11.1 Å². The topological polar surface area (TPSA) is 12.0 Å². The highest BCUT2D eigenvalue weighted by Gasteiger charge is 2.39. The van der Waals surface area contributed by atoms with Gasteiger partial charge in [0.2, 0.25) is 0 Å². The predicted octanol–water partition coefficient (Wildman–Crippen LogP) is 3.44. The second-order valence-corrected chi connectivity index (χ2v) is 4.80. The van der Waals surface area contributed by atoms with Crippen LogP contribution < -0.4 is 5.32 Å². The minimum atomic E-state index is 0.694. The van der Waals surface area contributed by atoms with Gasteiger partial charge in [0.05, 0.1) is 0 Å². The highest BCUT2D eigenvalue weighted by Crippen LogP contribution is 2.44. The third kappa shape index (κ3) is 2.04. The first-order valence-corrected chi connectivity index (χ1v) is 6.06. The van der Waals surface area contributed by atoms with Gasteiger partial charge in [-0.15, -0.1) is 0 Å². The lowest BCUT2D eigenvalue weighted by atomic mass is 9.65. The average Bonchev–Trinajstić information content (AvgIpc) is 2.18. The third-order valence-corrected chi connectivity index (χ3v) is 3.90. The van der Waals surface area contributed by atoms with Crippen molar-refractivity contribution < 1.29 is 0 Å². The first-order chi connectivity index (χ1) is 7.26. The number of hydrogen-bond acceptors (Lipinski definition) is 1. The molecule has 3 atom stereocenters. The Hall–Kier alpha value is -0.530. The molecule has 0 saturated heterocycles. The standard InChI is InChI=1S/C13H18ClN/c1-3-11-12(8-13(11)15-2)9-5-4-6-10(14)7-9/h4-7,11-13,15H,3,8H2,1-2H3. The van der Waals surface area contributed by atoms with Crippen LogP contribution in [0, 0.1) is 5.92 Å². The molecule has 1 fully saturated rings. The van der Waals surface area contributed by atoms with E-state index < -0.39 is 0 Å². The molecule has 1 N–H and O–H groups in total. The average molecular weight is 224 g/mol. The summed E-state index contributed by atoms with van der Waals surface area (Å²) in [5.41, 5.74) is 1.40. The fourth-order valence-corrected chi connectivity index (χ4v) is 2.93. The fourth-order valence-electron chi connectivity index (χ4n) is 2.73. The van der Waals surface area contributed by atoms with E-state index in [1.54, 1.807) is 0 Å². The fraction of sp³-hybridized carbons (Fsp3) is 0.538.